The van der Waals surface area contributed by atoms with E-state index < -0.39 is 5.97 Å². The molecule has 0 unspecified atom stereocenters. The van der Waals surface area contributed by atoms with E-state index in [1.165, 1.54) is 0 Å². The van der Waals surface area contributed by atoms with Crippen molar-refractivity contribution >= 4 is 23.1 Å². The van der Waals surface area contributed by atoms with E-state index >= 15 is 0 Å². The fraction of sp³-hybridized carbons (Fsp3) is 0.308. The Hall–Kier alpha value is -1.95. The van der Waals surface area contributed by atoms with Gasteiger partial charge in [-0.1, -0.05) is 0 Å². The molecule has 6 heteroatoms. The zero-order chi connectivity index (χ0) is 14.0. The number of nitrogens with zero attached hydrogens (tertiary/aromatic N) is 3. The van der Waals surface area contributed by atoms with Gasteiger partial charge in [0.15, 0.2) is 0 Å². The molecule has 0 saturated carbocycles. The normalized spacial score (nSPS) is 10.5. The third kappa shape index (κ3) is 2.73. The van der Waals surface area contributed by atoms with Gasteiger partial charge in [-0.15, -0.1) is 11.3 Å². The van der Waals surface area contributed by atoms with Gasteiger partial charge in [-0.2, -0.15) is 0 Å². The van der Waals surface area contributed by atoms with Gasteiger partial charge in [-0.25, -0.2) is 14.8 Å². The summed E-state index contributed by atoms with van der Waals surface area (Å²) in [5, 5.41) is 9.30. The molecule has 0 aliphatic rings. The molecule has 0 aliphatic heterocycles. The summed E-state index contributed by atoms with van der Waals surface area (Å²) in [6.07, 6.45) is 1.63. The van der Waals surface area contributed by atoms with Gasteiger partial charge in [0, 0.05) is 18.1 Å². The van der Waals surface area contributed by atoms with E-state index in [1.807, 2.05) is 18.9 Å². The largest absolute Gasteiger partial charge is 0.478 e. The predicted molar refractivity (Wildman–Crippen MR) is 74.9 cm³/mol. The van der Waals surface area contributed by atoms with Crippen molar-refractivity contribution < 1.29 is 9.90 Å². The van der Waals surface area contributed by atoms with E-state index in [2.05, 4.69) is 9.97 Å². The van der Waals surface area contributed by atoms with Gasteiger partial charge in [-0.05, 0) is 25.5 Å². The fourth-order valence-electron chi connectivity index (χ4n) is 1.87. The maximum atomic E-state index is 11.3. The van der Waals surface area contributed by atoms with Gasteiger partial charge < -0.3 is 10.0 Å². The summed E-state index contributed by atoms with van der Waals surface area (Å²) in [5.74, 6) is -0.464. The number of rotatable bonds is 4. The highest BCUT2D eigenvalue weighted by molar-refractivity contribution is 7.09. The molecule has 2 aromatic heterocycles. The number of thiazole rings is 1. The van der Waals surface area contributed by atoms with Crippen molar-refractivity contribution in [3.8, 4) is 0 Å². The van der Waals surface area contributed by atoms with Crippen LogP contribution in [0.25, 0.3) is 0 Å². The van der Waals surface area contributed by atoms with Gasteiger partial charge in [0.25, 0.3) is 0 Å². The molecule has 0 spiro atoms. The summed E-state index contributed by atoms with van der Waals surface area (Å²) < 4.78 is 0. The van der Waals surface area contributed by atoms with Crippen LogP contribution < -0.4 is 4.90 Å². The van der Waals surface area contributed by atoms with Crippen LogP contribution in [0.15, 0.2) is 17.8 Å². The van der Waals surface area contributed by atoms with Crippen LogP contribution in [0.1, 0.15) is 26.5 Å². The number of carboxylic acids is 1. The first-order chi connectivity index (χ1) is 9.00. The van der Waals surface area contributed by atoms with Gasteiger partial charge >= 0.3 is 5.97 Å². The van der Waals surface area contributed by atoms with Gasteiger partial charge in [0.05, 0.1) is 17.7 Å². The lowest BCUT2D eigenvalue weighted by Crippen LogP contribution is -2.21. The number of aromatic nitrogens is 2. The quantitative estimate of drug-likeness (QED) is 0.930. The zero-order valence-electron chi connectivity index (χ0n) is 11.0. The van der Waals surface area contributed by atoms with Crippen molar-refractivity contribution in [2.24, 2.45) is 0 Å². The van der Waals surface area contributed by atoms with Gasteiger partial charge in [0.1, 0.15) is 11.4 Å². The molecule has 1 N–H and O–H groups in total. The second-order valence-electron chi connectivity index (χ2n) is 4.35. The molecule has 0 bridgehead atoms. The Balaban J connectivity index is 2.34. The summed E-state index contributed by atoms with van der Waals surface area (Å²) in [7, 11) is 1.84. The SMILES string of the molecule is Cc1ccnc(N(C)Cc2scnc2C)c1C(=O)O. The Morgan fingerprint density at radius 2 is 2.16 bits per heavy atom. The molecule has 19 heavy (non-hydrogen) atoms. The van der Waals surface area contributed by atoms with E-state index in [0.29, 0.717) is 17.9 Å². The lowest BCUT2D eigenvalue weighted by molar-refractivity contribution is 0.0696. The van der Waals surface area contributed by atoms with Crippen molar-refractivity contribution in [2.45, 2.75) is 20.4 Å². The summed E-state index contributed by atoms with van der Waals surface area (Å²) in [6.45, 7) is 4.33. The molecule has 2 heterocycles. The molecule has 0 aromatic carbocycles. The van der Waals surface area contributed by atoms with E-state index in [9.17, 15) is 9.90 Å². The van der Waals surface area contributed by atoms with Crippen LogP contribution in [0.5, 0.6) is 0 Å². The predicted octanol–water partition coefficient (Wildman–Crippen LogP) is 2.49. The van der Waals surface area contributed by atoms with E-state index in [0.717, 1.165) is 10.6 Å². The molecule has 0 radical (unpaired) electrons. The molecular weight excluding hydrogens is 262 g/mol. The Bertz CT molecular complexity index is 610. The smallest absolute Gasteiger partial charge is 0.339 e. The van der Waals surface area contributed by atoms with Crippen LogP contribution in [0.3, 0.4) is 0 Å². The molecule has 100 valence electrons. The second kappa shape index (κ2) is 5.36. The summed E-state index contributed by atoms with van der Waals surface area (Å²) in [4.78, 5) is 22.7. The first-order valence-electron chi connectivity index (χ1n) is 5.79. The number of hydrogen-bond donors (Lipinski definition) is 1. The minimum atomic E-state index is -0.950. The Morgan fingerprint density at radius 3 is 2.74 bits per heavy atom. The van der Waals surface area contributed by atoms with Crippen LogP contribution >= 0.6 is 11.3 Å². The monoisotopic (exact) mass is 277 g/mol. The van der Waals surface area contributed by atoms with E-state index in [4.69, 9.17) is 0 Å². The minimum absolute atomic E-state index is 0.257. The third-order valence-corrected chi connectivity index (χ3v) is 3.86. The number of carbonyl (C=O) groups is 1. The molecule has 0 amide bonds. The number of pyridine rings is 1. The first kappa shape index (κ1) is 13.5. The summed E-state index contributed by atoms with van der Waals surface area (Å²) >= 11 is 1.56. The number of aryl methyl sites for hydroxylation is 2. The minimum Gasteiger partial charge on any atom is -0.478 e. The second-order valence-corrected chi connectivity index (χ2v) is 5.29. The highest BCUT2D eigenvalue weighted by atomic mass is 32.1. The Labute approximate surface area is 115 Å². The maximum Gasteiger partial charge on any atom is 0.339 e. The number of anilines is 1. The van der Waals surface area contributed by atoms with Gasteiger partial charge in [0.2, 0.25) is 0 Å². The average molecular weight is 277 g/mol. The van der Waals surface area contributed by atoms with Crippen molar-refractivity contribution in [1.29, 1.82) is 0 Å². The summed E-state index contributed by atoms with van der Waals surface area (Å²) in [6, 6.07) is 1.71. The lowest BCUT2D eigenvalue weighted by atomic mass is 10.1. The zero-order valence-corrected chi connectivity index (χ0v) is 11.9. The molecule has 5 nitrogen and oxygen atoms in total. The molecule has 0 atom stereocenters. The summed E-state index contributed by atoms with van der Waals surface area (Å²) in [5.41, 5.74) is 3.74. The molecular formula is C13H15N3O2S. The molecule has 0 aliphatic carbocycles. The number of carboxylic acid groups (broad SMARTS) is 1. The lowest BCUT2D eigenvalue weighted by Gasteiger charge is -2.20. The molecule has 2 rings (SSSR count). The number of aromatic carboxylic acids is 1. The Morgan fingerprint density at radius 1 is 1.42 bits per heavy atom. The molecule has 0 saturated heterocycles. The van der Waals surface area contributed by atoms with Gasteiger partial charge in [-0.3, -0.25) is 0 Å². The first-order valence-corrected chi connectivity index (χ1v) is 6.67. The third-order valence-electron chi connectivity index (χ3n) is 2.94. The van der Waals surface area contributed by atoms with Crippen LogP contribution in [0, 0.1) is 13.8 Å². The van der Waals surface area contributed by atoms with Crippen molar-refractivity contribution in [1.82, 2.24) is 9.97 Å². The topological polar surface area (TPSA) is 66.3 Å². The Kier molecular flexibility index (Phi) is 3.80. The average Bonchev–Trinajstić information content (AvgIpc) is 2.74. The van der Waals surface area contributed by atoms with Crippen LogP contribution in [-0.2, 0) is 6.54 Å². The van der Waals surface area contributed by atoms with Crippen molar-refractivity contribution in [3.63, 3.8) is 0 Å². The molecule has 2 aromatic rings. The highest BCUT2D eigenvalue weighted by Crippen LogP contribution is 2.23. The van der Waals surface area contributed by atoms with E-state index in [1.54, 1.807) is 36.0 Å². The van der Waals surface area contributed by atoms with Crippen LogP contribution in [0.4, 0.5) is 5.82 Å². The van der Waals surface area contributed by atoms with Crippen LogP contribution in [0.2, 0.25) is 0 Å². The standard InChI is InChI=1S/C13H15N3O2S/c1-8-4-5-14-12(11(8)13(17)18)16(3)6-10-9(2)15-7-19-10/h4-5,7H,6H2,1-3H3,(H,17,18). The number of hydrogen-bond acceptors (Lipinski definition) is 5. The maximum absolute atomic E-state index is 11.3. The van der Waals surface area contributed by atoms with E-state index in [-0.39, 0.29) is 5.56 Å². The van der Waals surface area contributed by atoms with Crippen LogP contribution in [-0.4, -0.2) is 28.1 Å². The molecule has 0 fully saturated rings. The fourth-order valence-corrected chi connectivity index (χ4v) is 2.70. The van der Waals surface area contributed by atoms with Crippen molar-refractivity contribution in [2.75, 3.05) is 11.9 Å². The highest BCUT2D eigenvalue weighted by Gasteiger charge is 2.18. The van der Waals surface area contributed by atoms with Crippen molar-refractivity contribution in [3.05, 3.63) is 39.5 Å².